The average molecular weight is 377 g/mol. The molecule has 0 spiro atoms. The number of benzene rings is 2. The Morgan fingerprint density at radius 1 is 1.00 bits per heavy atom. The van der Waals surface area contributed by atoms with E-state index >= 15 is 0 Å². The van der Waals surface area contributed by atoms with E-state index in [1.165, 1.54) is 18.2 Å². The molecule has 0 aromatic heterocycles. The molecule has 0 unspecified atom stereocenters. The molecule has 26 heavy (non-hydrogen) atoms. The van der Waals surface area contributed by atoms with Crippen molar-refractivity contribution in [1.29, 1.82) is 0 Å². The second-order valence-corrected chi connectivity index (χ2v) is 6.61. The van der Waals surface area contributed by atoms with Crippen molar-refractivity contribution in [2.24, 2.45) is 0 Å². The predicted molar refractivity (Wildman–Crippen MR) is 97.0 cm³/mol. The Labute approximate surface area is 155 Å². The molecule has 0 N–H and O–H groups in total. The summed E-state index contributed by atoms with van der Waals surface area (Å²) in [5, 5.41) is 0.143. The van der Waals surface area contributed by atoms with Gasteiger partial charge >= 0.3 is 0 Å². The topological polar surface area (TPSA) is 42.0 Å². The Morgan fingerprint density at radius 3 is 2.46 bits per heavy atom. The van der Waals surface area contributed by atoms with Crippen molar-refractivity contribution in [3.8, 4) is 11.5 Å². The van der Waals surface area contributed by atoms with Crippen LogP contribution >= 0.6 is 11.6 Å². The second-order valence-electron chi connectivity index (χ2n) is 6.20. The molecular weight excluding hydrogens is 359 g/mol. The minimum atomic E-state index is -0.586. The largest absolute Gasteiger partial charge is 0.486 e. The number of carbonyl (C=O) groups is 1. The smallest absolute Gasteiger partial charge is 0.258 e. The third-order valence-electron chi connectivity index (χ3n) is 4.63. The normalized spacial score (nSPS) is 16.5. The van der Waals surface area contributed by atoms with Crippen LogP contribution in [0.4, 0.5) is 10.1 Å². The lowest BCUT2D eigenvalue weighted by Gasteiger charge is -2.36. The second kappa shape index (κ2) is 7.03. The number of amides is 1. The first-order valence-electron chi connectivity index (χ1n) is 8.51. The molecular formula is C19H18ClFN2O3. The number of nitrogens with zero attached hydrogens (tertiary/aromatic N) is 2. The molecule has 4 rings (SSSR count). The molecule has 2 aromatic carbocycles. The van der Waals surface area contributed by atoms with Gasteiger partial charge in [-0.2, -0.15) is 0 Å². The van der Waals surface area contributed by atoms with Gasteiger partial charge in [0.1, 0.15) is 19.0 Å². The summed E-state index contributed by atoms with van der Waals surface area (Å²) in [5.74, 6) is 0.542. The van der Waals surface area contributed by atoms with Gasteiger partial charge in [-0.05, 0) is 24.3 Å². The van der Waals surface area contributed by atoms with Crippen LogP contribution < -0.4 is 14.4 Å². The van der Waals surface area contributed by atoms with Crippen molar-refractivity contribution in [2.75, 3.05) is 44.3 Å². The van der Waals surface area contributed by atoms with E-state index in [-0.39, 0.29) is 16.5 Å². The van der Waals surface area contributed by atoms with E-state index in [1.807, 2.05) is 18.2 Å². The number of anilines is 1. The fraction of sp³-hybridized carbons (Fsp3) is 0.316. The molecule has 2 aliphatic heterocycles. The van der Waals surface area contributed by atoms with Crippen molar-refractivity contribution in [3.05, 3.63) is 52.8 Å². The number of rotatable bonds is 2. The van der Waals surface area contributed by atoms with Gasteiger partial charge in [0.15, 0.2) is 11.5 Å². The highest BCUT2D eigenvalue weighted by atomic mass is 35.5. The third-order valence-corrected chi connectivity index (χ3v) is 4.95. The standard InChI is InChI=1S/C19H18ClFN2O3/c20-14-2-1-3-15(21)18(14)19(24)23-8-6-22(7-9-23)13-4-5-16-17(12-13)26-11-10-25-16/h1-5,12H,6-11H2. The van der Waals surface area contributed by atoms with Gasteiger partial charge < -0.3 is 19.3 Å². The summed E-state index contributed by atoms with van der Waals surface area (Å²) in [5.41, 5.74) is 0.965. The number of piperazine rings is 1. The number of hydrogen-bond donors (Lipinski definition) is 0. The molecule has 0 radical (unpaired) electrons. The molecule has 1 amide bonds. The minimum Gasteiger partial charge on any atom is -0.486 e. The summed E-state index contributed by atoms with van der Waals surface area (Å²) >= 11 is 6.01. The van der Waals surface area contributed by atoms with E-state index in [1.54, 1.807) is 4.90 Å². The molecule has 0 saturated carbocycles. The van der Waals surface area contributed by atoms with Gasteiger partial charge in [0, 0.05) is 37.9 Å². The maximum atomic E-state index is 14.0. The first kappa shape index (κ1) is 17.0. The molecule has 1 fully saturated rings. The highest BCUT2D eigenvalue weighted by Crippen LogP contribution is 2.34. The highest BCUT2D eigenvalue weighted by Gasteiger charge is 2.26. The fourth-order valence-corrected chi connectivity index (χ4v) is 3.50. The molecule has 2 aromatic rings. The molecule has 136 valence electrons. The third kappa shape index (κ3) is 3.17. The van der Waals surface area contributed by atoms with Crippen LogP contribution in [0.15, 0.2) is 36.4 Å². The minimum absolute atomic E-state index is 0.0538. The van der Waals surface area contributed by atoms with Crippen molar-refractivity contribution in [1.82, 2.24) is 4.90 Å². The summed E-state index contributed by atoms with van der Waals surface area (Å²) < 4.78 is 25.2. The van der Waals surface area contributed by atoms with Crippen LogP contribution in [0, 0.1) is 5.82 Å². The van der Waals surface area contributed by atoms with E-state index in [9.17, 15) is 9.18 Å². The van der Waals surface area contributed by atoms with Crippen molar-refractivity contribution >= 4 is 23.2 Å². The predicted octanol–water partition coefficient (Wildman–Crippen LogP) is 3.21. The van der Waals surface area contributed by atoms with Crippen molar-refractivity contribution < 1.29 is 18.7 Å². The zero-order valence-electron chi connectivity index (χ0n) is 14.1. The van der Waals surface area contributed by atoms with Gasteiger partial charge in [-0.1, -0.05) is 17.7 Å². The van der Waals surface area contributed by atoms with Gasteiger partial charge in [-0.15, -0.1) is 0 Å². The summed E-state index contributed by atoms with van der Waals surface area (Å²) in [6.45, 7) is 3.40. The van der Waals surface area contributed by atoms with Crippen LogP contribution in [0.1, 0.15) is 10.4 Å². The van der Waals surface area contributed by atoms with Gasteiger partial charge in [-0.3, -0.25) is 4.79 Å². The number of carbonyl (C=O) groups excluding carboxylic acids is 1. The summed E-state index contributed by atoms with van der Waals surface area (Å²) in [6.07, 6.45) is 0. The molecule has 7 heteroatoms. The molecule has 0 atom stereocenters. The molecule has 1 saturated heterocycles. The molecule has 2 heterocycles. The Bertz CT molecular complexity index is 817. The fourth-order valence-electron chi connectivity index (χ4n) is 3.26. The highest BCUT2D eigenvalue weighted by molar-refractivity contribution is 6.33. The van der Waals surface area contributed by atoms with E-state index in [0.717, 1.165) is 17.2 Å². The van der Waals surface area contributed by atoms with Crippen molar-refractivity contribution in [3.63, 3.8) is 0 Å². The van der Waals surface area contributed by atoms with E-state index in [0.29, 0.717) is 39.4 Å². The molecule has 2 aliphatic rings. The molecule has 0 bridgehead atoms. The number of hydrogen-bond acceptors (Lipinski definition) is 4. The van der Waals surface area contributed by atoms with Crippen LogP contribution in [-0.4, -0.2) is 50.2 Å². The van der Waals surface area contributed by atoms with Gasteiger partial charge in [0.25, 0.3) is 5.91 Å². The van der Waals surface area contributed by atoms with Gasteiger partial charge in [0.05, 0.1) is 10.6 Å². The lowest BCUT2D eigenvalue weighted by molar-refractivity contribution is 0.0742. The van der Waals surface area contributed by atoms with Gasteiger partial charge in [-0.25, -0.2) is 4.39 Å². The Hall–Kier alpha value is -2.47. The monoisotopic (exact) mass is 376 g/mol. The van der Waals surface area contributed by atoms with E-state index in [2.05, 4.69) is 4.90 Å². The first-order valence-corrected chi connectivity index (χ1v) is 8.89. The van der Waals surface area contributed by atoms with E-state index < -0.39 is 5.82 Å². The number of fused-ring (bicyclic) bond motifs is 1. The lowest BCUT2D eigenvalue weighted by Crippen LogP contribution is -2.49. The Morgan fingerprint density at radius 2 is 1.73 bits per heavy atom. The first-order chi connectivity index (χ1) is 12.6. The van der Waals surface area contributed by atoms with Crippen LogP contribution in [0.3, 0.4) is 0 Å². The van der Waals surface area contributed by atoms with Crippen LogP contribution in [0.25, 0.3) is 0 Å². The number of halogens is 2. The zero-order valence-corrected chi connectivity index (χ0v) is 14.8. The van der Waals surface area contributed by atoms with Crippen LogP contribution in [0.2, 0.25) is 5.02 Å². The molecule has 0 aliphatic carbocycles. The maximum Gasteiger partial charge on any atom is 0.258 e. The summed E-state index contributed by atoms with van der Waals surface area (Å²) in [6, 6.07) is 10.1. The van der Waals surface area contributed by atoms with Gasteiger partial charge in [0.2, 0.25) is 0 Å². The zero-order chi connectivity index (χ0) is 18.1. The summed E-state index contributed by atoms with van der Waals surface area (Å²) in [4.78, 5) is 16.4. The quantitative estimate of drug-likeness (QED) is 0.807. The van der Waals surface area contributed by atoms with Crippen LogP contribution in [0.5, 0.6) is 11.5 Å². The summed E-state index contributed by atoms with van der Waals surface area (Å²) in [7, 11) is 0. The average Bonchev–Trinajstić information content (AvgIpc) is 2.67. The Kier molecular flexibility index (Phi) is 4.59. The number of ether oxygens (including phenoxy) is 2. The van der Waals surface area contributed by atoms with E-state index in [4.69, 9.17) is 21.1 Å². The SMILES string of the molecule is O=C(c1c(F)cccc1Cl)N1CCN(c2ccc3c(c2)OCCO3)CC1. The molecule has 5 nitrogen and oxygen atoms in total. The lowest BCUT2D eigenvalue weighted by atomic mass is 10.1. The Balaban J connectivity index is 1.45. The van der Waals surface area contributed by atoms with Crippen LogP contribution in [-0.2, 0) is 0 Å². The maximum absolute atomic E-state index is 14.0. The van der Waals surface area contributed by atoms with Crippen molar-refractivity contribution in [2.45, 2.75) is 0 Å².